The van der Waals surface area contributed by atoms with Gasteiger partial charge in [0.25, 0.3) is 0 Å². The van der Waals surface area contributed by atoms with Crippen LogP contribution in [0.1, 0.15) is 18.4 Å². The van der Waals surface area contributed by atoms with Crippen molar-refractivity contribution in [2.45, 2.75) is 29.7 Å². The molecule has 1 fully saturated rings. The lowest BCUT2D eigenvalue weighted by Gasteiger charge is -2.33. The highest BCUT2D eigenvalue weighted by Crippen LogP contribution is 2.52. The number of carbonyl (C=O) groups is 1. The zero-order chi connectivity index (χ0) is 15.5. The van der Waals surface area contributed by atoms with Crippen LogP contribution < -0.4 is 5.43 Å². The second-order valence-corrected chi connectivity index (χ2v) is 6.33. The molecule has 1 aromatic rings. The van der Waals surface area contributed by atoms with Gasteiger partial charge in [0.1, 0.15) is 11.8 Å². The average Bonchev–Trinajstić information content (AvgIpc) is 3.17. The molecule has 0 heterocycles. The number of aliphatic carboxylic acids is 1. The fourth-order valence-corrected chi connectivity index (χ4v) is 2.62. The van der Waals surface area contributed by atoms with E-state index < -0.39 is 16.4 Å². The first-order valence-corrected chi connectivity index (χ1v) is 7.25. The monoisotopic (exact) mass is 330 g/mol. The normalized spacial score (nSPS) is 19.2. The van der Waals surface area contributed by atoms with E-state index in [2.05, 4.69) is 10.5 Å². The Bertz CT molecular complexity index is 561. The molecule has 1 aliphatic rings. The maximum Gasteiger partial charge on any atom is 0.348 e. The van der Waals surface area contributed by atoms with Crippen LogP contribution in [-0.4, -0.2) is 39.4 Å². The maximum absolute atomic E-state index is 10.9. The standard InChI is InChI=1S/C14H16Cl2N2O3/c15-11-4-2-1-3-10(11)7-14(21,13(16)5-6-13)9-18-17-8-12(19)20/h1-4,8,18,21H,5-7,9H2,(H,19,20). The molecule has 1 aromatic carbocycles. The van der Waals surface area contributed by atoms with Crippen molar-refractivity contribution in [3.63, 3.8) is 0 Å². The van der Waals surface area contributed by atoms with Gasteiger partial charge in [-0.3, -0.25) is 0 Å². The van der Waals surface area contributed by atoms with Crippen molar-refractivity contribution in [3.05, 3.63) is 34.9 Å². The van der Waals surface area contributed by atoms with Gasteiger partial charge in [-0.15, -0.1) is 11.6 Å². The second kappa shape index (κ2) is 6.22. The van der Waals surface area contributed by atoms with Crippen LogP contribution in [-0.2, 0) is 11.2 Å². The summed E-state index contributed by atoms with van der Waals surface area (Å²) < 4.78 is 0. The third kappa shape index (κ3) is 3.87. The third-order valence-corrected chi connectivity index (χ3v) is 4.70. The van der Waals surface area contributed by atoms with E-state index in [0.717, 1.165) is 11.8 Å². The third-order valence-electron chi connectivity index (χ3n) is 3.60. The number of hydrazone groups is 1. The Labute approximate surface area is 132 Å². The maximum atomic E-state index is 10.9. The highest BCUT2D eigenvalue weighted by molar-refractivity contribution is 6.31. The van der Waals surface area contributed by atoms with Gasteiger partial charge in [-0.2, -0.15) is 5.10 Å². The lowest BCUT2D eigenvalue weighted by molar-refractivity contribution is -0.128. The molecule has 0 saturated heterocycles. The number of aliphatic hydroxyl groups is 1. The summed E-state index contributed by atoms with van der Waals surface area (Å²) in [4.78, 5) is 9.65. The molecule has 0 aliphatic heterocycles. The summed E-state index contributed by atoms with van der Waals surface area (Å²) in [5.41, 5.74) is 2.09. The van der Waals surface area contributed by atoms with E-state index in [4.69, 9.17) is 28.3 Å². The Hall–Kier alpha value is -1.30. The summed E-state index contributed by atoms with van der Waals surface area (Å²) in [5, 5.41) is 23.5. The molecule has 0 radical (unpaired) electrons. The largest absolute Gasteiger partial charge is 0.477 e. The van der Waals surface area contributed by atoms with Crippen LogP contribution in [0.3, 0.4) is 0 Å². The molecule has 0 bridgehead atoms. The van der Waals surface area contributed by atoms with Crippen LogP contribution in [0.15, 0.2) is 29.4 Å². The van der Waals surface area contributed by atoms with Gasteiger partial charge < -0.3 is 15.6 Å². The minimum atomic E-state index is -1.25. The van der Waals surface area contributed by atoms with Crippen LogP contribution in [0.25, 0.3) is 0 Å². The number of nitrogens with zero attached hydrogens (tertiary/aromatic N) is 1. The van der Waals surface area contributed by atoms with Crippen molar-refractivity contribution in [3.8, 4) is 0 Å². The van der Waals surface area contributed by atoms with Crippen molar-refractivity contribution in [2.75, 3.05) is 6.54 Å². The van der Waals surface area contributed by atoms with E-state index in [1.54, 1.807) is 6.07 Å². The highest BCUT2D eigenvalue weighted by atomic mass is 35.5. The molecular weight excluding hydrogens is 315 g/mol. The molecule has 1 atom stereocenters. The Balaban J connectivity index is 2.11. The van der Waals surface area contributed by atoms with Crippen LogP contribution in [0.5, 0.6) is 0 Å². The van der Waals surface area contributed by atoms with Gasteiger partial charge in [-0.25, -0.2) is 4.79 Å². The SMILES string of the molecule is O=C(O)C=NNCC(O)(Cc1ccccc1Cl)C1(Cl)CC1. The van der Waals surface area contributed by atoms with Gasteiger partial charge in [-0.05, 0) is 24.5 Å². The van der Waals surface area contributed by atoms with E-state index in [-0.39, 0.29) is 13.0 Å². The summed E-state index contributed by atoms with van der Waals surface area (Å²) in [6.07, 6.45) is 2.38. The highest BCUT2D eigenvalue weighted by Gasteiger charge is 2.57. The fraction of sp³-hybridized carbons (Fsp3) is 0.429. The number of carboxylic acids is 1. The molecular formula is C14H16Cl2N2O3. The molecule has 7 heteroatoms. The minimum Gasteiger partial charge on any atom is -0.477 e. The molecule has 1 saturated carbocycles. The van der Waals surface area contributed by atoms with E-state index in [0.29, 0.717) is 17.9 Å². The van der Waals surface area contributed by atoms with Crippen molar-refractivity contribution < 1.29 is 15.0 Å². The number of carboxylic acid groups (broad SMARTS) is 1. The Morgan fingerprint density at radius 3 is 2.71 bits per heavy atom. The van der Waals surface area contributed by atoms with Gasteiger partial charge in [-0.1, -0.05) is 29.8 Å². The second-order valence-electron chi connectivity index (χ2n) is 5.20. The summed E-state index contributed by atoms with van der Waals surface area (Å²) in [6, 6.07) is 7.23. The number of hydrogen-bond acceptors (Lipinski definition) is 4. The van der Waals surface area contributed by atoms with Gasteiger partial charge in [0, 0.05) is 11.4 Å². The van der Waals surface area contributed by atoms with Gasteiger partial charge >= 0.3 is 5.97 Å². The van der Waals surface area contributed by atoms with E-state index in [9.17, 15) is 9.90 Å². The first-order chi connectivity index (χ1) is 9.86. The van der Waals surface area contributed by atoms with Crippen LogP contribution >= 0.6 is 23.2 Å². The predicted molar refractivity (Wildman–Crippen MR) is 82.1 cm³/mol. The van der Waals surface area contributed by atoms with Crippen LogP contribution in [0.2, 0.25) is 5.02 Å². The number of nitrogens with one attached hydrogen (secondary N) is 1. The minimum absolute atomic E-state index is 0.0471. The average molecular weight is 331 g/mol. The van der Waals surface area contributed by atoms with Crippen molar-refractivity contribution >= 4 is 35.4 Å². The predicted octanol–water partition coefficient (Wildman–Crippen LogP) is 2.04. The smallest absolute Gasteiger partial charge is 0.348 e. The molecule has 21 heavy (non-hydrogen) atoms. The first kappa shape index (κ1) is 16.1. The van der Waals surface area contributed by atoms with Crippen molar-refractivity contribution in [2.24, 2.45) is 5.10 Å². The molecule has 0 amide bonds. The van der Waals surface area contributed by atoms with Gasteiger partial charge in [0.15, 0.2) is 0 Å². The van der Waals surface area contributed by atoms with Crippen LogP contribution in [0, 0.1) is 0 Å². The van der Waals surface area contributed by atoms with Crippen molar-refractivity contribution in [1.29, 1.82) is 0 Å². The summed E-state index contributed by atoms with van der Waals surface area (Å²) in [5.74, 6) is -1.16. The number of halogens is 2. The first-order valence-electron chi connectivity index (χ1n) is 6.50. The Morgan fingerprint density at radius 1 is 1.48 bits per heavy atom. The summed E-state index contributed by atoms with van der Waals surface area (Å²) >= 11 is 12.5. The molecule has 1 unspecified atom stereocenters. The van der Waals surface area contributed by atoms with Crippen molar-refractivity contribution in [1.82, 2.24) is 5.43 Å². The zero-order valence-electron chi connectivity index (χ0n) is 11.2. The zero-order valence-corrected chi connectivity index (χ0v) is 12.7. The number of rotatable bonds is 7. The fourth-order valence-electron chi connectivity index (χ4n) is 2.19. The molecule has 0 aromatic heterocycles. The van der Waals surface area contributed by atoms with E-state index >= 15 is 0 Å². The number of alkyl halides is 1. The quantitative estimate of drug-likeness (QED) is 0.406. The molecule has 5 nitrogen and oxygen atoms in total. The topological polar surface area (TPSA) is 81.9 Å². The summed E-state index contributed by atoms with van der Waals surface area (Å²) in [6.45, 7) is 0.0471. The molecule has 3 N–H and O–H groups in total. The summed E-state index contributed by atoms with van der Waals surface area (Å²) in [7, 11) is 0. The van der Waals surface area contributed by atoms with Crippen LogP contribution in [0.4, 0.5) is 0 Å². The number of hydrogen-bond donors (Lipinski definition) is 3. The Morgan fingerprint density at radius 2 is 2.14 bits per heavy atom. The van der Waals surface area contributed by atoms with E-state index in [1.165, 1.54) is 0 Å². The van der Waals surface area contributed by atoms with Gasteiger partial charge in [0.05, 0.1) is 11.4 Å². The molecule has 2 rings (SSSR count). The van der Waals surface area contributed by atoms with Gasteiger partial charge in [0.2, 0.25) is 0 Å². The lowest BCUT2D eigenvalue weighted by Crippen LogP contribution is -2.50. The van der Waals surface area contributed by atoms with E-state index in [1.807, 2.05) is 18.2 Å². The molecule has 1 aliphatic carbocycles. The Kier molecular flexibility index (Phi) is 4.76. The number of benzene rings is 1. The lowest BCUT2D eigenvalue weighted by atomic mass is 9.89. The molecule has 0 spiro atoms. The molecule has 114 valence electrons.